The topological polar surface area (TPSA) is 62.2 Å². The first-order valence-corrected chi connectivity index (χ1v) is 25.8. The van der Waals surface area contributed by atoms with E-state index in [2.05, 4.69) is 141 Å². The number of benzene rings is 4. The Labute approximate surface area is 415 Å². The lowest BCUT2D eigenvalue weighted by atomic mass is 9.86. The predicted octanol–water partition coefficient (Wildman–Crippen LogP) is 16.8. The van der Waals surface area contributed by atoms with Crippen molar-refractivity contribution in [2.75, 3.05) is 13.1 Å². The first-order chi connectivity index (χ1) is 32.1. The van der Waals surface area contributed by atoms with Gasteiger partial charge in [-0.2, -0.15) is 0 Å². The van der Waals surface area contributed by atoms with Gasteiger partial charge in [0.2, 0.25) is 0 Å². The van der Waals surface area contributed by atoms with Crippen LogP contribution in [0.4, 0.5) is 0 Å². The Morgan fingerprint density at radius 1 is 0.582 bits per heavy atom. The normalized spacial score (nSPS) is 10.5. The Balaban J connectivity index is -0.000000765. The van der Waals surface area contributed by atoms with Gasteiger partial charge in [-0.25, -0.2) is 0 Å². The zero-order valence-electron chi connectivity index (χ0n) is 46.9. The van der Waals surface area contributed by atoms with Gasteiger partial charge >= 0.3 is 5.97 Å². The van der Waals surface area contributed by atoms with Gasteiger partial charge in [-0.3, -0.25) is 14.6 Å². The number of nitrogens with zero attached hydrogens (tertiary/aromatic N) is 2. The van der Waals surface area contributed by atoms with Crippen molar-refractivity contribution in [3.8, 4) is 24.3 Å². The number of hydrogen-bond donors (Lipinski definition) is 1. The maximum Gasteiger partial charge on any atom is 0.313 e. The molecular formula is C61H102N2O4. The van der Waals surface area contributed by atoms with Gasteiger partial charge in [0.25, 0.3) is 0 Å². The molecule has 0 saturated carbocycles. The van der Waals surface area contributed by atoms with E-state index in [4.69, 9.17) is 9.47 Å². The first-order valence-electron chi connectivity index (χ1n) is 25.8. The van der Waals surface area contributed by atoms with E-state index in [1.807, 2.05) is 118 Å². The summed E-state index contributed by atoms with van der Waals surface area (Å²) in [5, 5.41) is 10.5. The highest BCUT2D eigenvalue weighted by atomic mass is 16.5. The van der Waals surface area contributed by atoms with Gasteiger partial charge in [-0.15, -0.1) is 12.8 Å². The quantitative estimate of drug-likeness (QED) is 0.0609. The Kier molecular flexibility index (Phi) is 45.5. The summed E-state index contributed by atoms with van der Waals surface area (Å²) in [7, 11) is 0. The monoisotopic (exact) mass is 927 g/mol. The number of carbonyl (C=O) groups is 1. The molecule has 6 heteroatoms. The summed E-state index contributed by atoms with van der Waals surface area (Å²) in [4.78, 5) is 17.7. The summed E-state index contributed by atoms with van der Waals surface area (Å²) < 4.78 is 12.2. The van der Waals surface area contributed by atoms with Crippen LogP contribution in [-0.4, -0.2) is 58.1 Å². The van der Waals surface area contributed by atoms with Gasteiger partial charge in [0, 0.05) is 42.1 Å². The van der Waals surface area contributed by atoms with Gasteiger partial charge in [-0.1, -0.05) is 169 Å². The van der Waals surface area contributed by atoms with Crippen molar-refractivity contribution in [1.29, 1.82) is 0 Å². The van der Waals surface area contributed by atoms with E-state index in [1.165, 1.54) is 12.0 Å². The van der Waals surface area contributed by atoms with Crippen molar-refractivity contribution >= 4 is 5.97 Å². The van der Waals surface area contributed by atoms with Crippen molar-refractivity contribution in [3.63, 3.8) is 0 Å². The zero-order valence-corrected chi connectivity index (χ0v) is 46.9. The van der Waals surface area contributed by atoms with Crippen molar-refractivity contribution in [2.45, 2.75) is 208 Å². The van der Waals surface area contributed by atoms with Crippen LogP contribution in [0.3, 0.4) is 0 Å². The number of phenols is 1. The highest BCUT2D eigenvalue weighted by molar-refractivity contribution is 5.75. The van der Waals surface area contributed by atoms with E-state index in [0.29, 0.717) is 55.3 Å². The van der Waals surface area contributed by atoms with Gasteiger partial charge in [0.15, 0.2) is 0 Å². The van der Waals surface area contributed by atoms with Gasteiger partial charge in [-0.05, 0) is 127 Å². The molecule has 67 heavy (non-hydrogen) atoms. The standard InChI is InChI=1S/C40H49NO4.C8H19N.C3H8.4C2H6.C2H2/c1-28(2)40(43)45-39-20-18-33(27-44-26-32-17-19-38(42)35(24-32)23-31-13-9-7-10-14-31)25-37(39)36(34-15-11-8-12-16-34)21-22-41(29(3)4)30(5)6;1-6-9(7(2)3)8(4)5;1-3-2;5*1-2/h7-20,24-25,28-30,36,42H,21-23,26-27H2,1-6H3;7-8H,6H2,1-5H3;3H2,1-2H3;4*1-2H3;1-2H/t36-;;;;;;;/m1......./s1. The third kappa shape index (κ3) is 29.2. The van der Waals surface area contributed by atoms with E-state index in [0.717, 1.165) is 47.3 Å². The molecule has 0 aliphatic carbocycles. The van der Waals surface area contributed by atoms with Gasteiger partial charge < -0.3 is 14.6 Å². The summed E-state index contributed by atoms with van der Waals surface area (Å²) >= 11 is 0. The lowest BCUT2D eigenvalue weighted by Gasteiger charge is -2.32. The number of terminal acetylenes is 1. The lowest BCUT2D eigenvalue weighted by molar-refractivity contribution is -0.137. The third-order valence-corrected chi connectivity index (χ3v) is 9.95. The summed E-state index contributed by atoms with van der Waals surface area (Å²) in [5.74, 6) is 0.469. The fourth-order valence-corrected chi connectivity index (χ4v) is 7.16. The van der Waals surface area contributed by atoms with Gasteiger partial charge in [0.1, 0.15) is 11.5 Å². The number of hydrogen-bond acceptors (Lipinski definition) is 6. The van der Waals surface area contributed by atoms with Crippen molar-refractivity contribution in [3.05, 3.63) is 130 Å². The Morgan fingerprint density at radius 2 is 1.01 bits per heavy atom. The number of phenolic OH excluding ortho intramolecular Hbond substituents is 1. The molecule has 0 bridgehead atoms. The number of rotatable bonds is 18. The van der Waals surface area contributed by atoms with Crippen LogP contribution in [0.25, 0.3) is 0 Å². The molecule has 4 rings (SSSR count). The molecule has 0 fully saturated rings. The zero-order chi connectivity index (χ0) is 52.5. The molecule has 380 valence electrons. The van der Waals surface area contributed by atoms with Crippen LogP contribution in [0.5, 0.6) is 11.5 Å². The molecule has 6 nitrogen and oxygen atoms in total. The van der Waals surface area contributed by atoms with Crippen molar-refractivity contribution in [2.24, 2.45) is 5.92 Å². The molecule has 0 heterocycles. The molecule has 0 aromatic heterocycles. The maximum atomic E-state index is 12.8. The number of esters is 1. The molecule has 0 amide bonds. The molecule has 4 aromatic carbocycles. The maximum absolute atomic E-state index is 12.8. The number of aromatic hydroxyl groups is 1. The summed E-state index contributed by atoms with van der Waals surface area (Å²) in [6.45, 7) is 47.0. The molecule has 0 unspecified atom stereocenters. The molecule has 1 N–H and O–H groups in total. The van der Waals surface area contributed by atoms with Crippen LogP contribution in [0.2, 0.25) is 0 Å². The van der Waals surface area contributed by atoms with Crippen LogP contribution in [0.1, 0.15) is 198 Å². The lowest BCUT2D eigenvalue weighted by Crippen LogP contribution is -2.38. The van der Waals surface area contributed by atoms with Crippen LogP contribution >= 0.6 is 0 Å². The number of carbonyl (C=O) groups excluding carboxylic acids is 1. The largest absolute Gasteiger partial charge is 0.508 e. The second kappa shape index (κ2) is 44.1. The van der Waals surface area contributed by atoms with E-state index < -0.39 is 0 Å². The van der Waals surface area contributed by atoms with E-state index >= 15 is 0 Å². The van der Waals surface area contributed by atoms with Crippen LogP contribution in [0, 0.1) is 18.8 Å². The van der Waals surface area contributed by atoms with E-state index in [9.17, 15) is 9.90 Å². The van der Waals surface area contributed by atoms with E-state index in [1.54, 1.807) is 6.07 Å². The summed E-state index contributed by atoms with van der Waals surface area (Å²) in [6, 6.07) is 34.6. The Morgan fingerprint density at radius 3 is 1.43 bits per heavy atom. The van der Waals surface area contributed by atoms with Crippen molar-refractivity contribution < 1.29 is 19.4 Å². The number of ether oxygens (including phenoxy) is 2. The van der Waals surface area contributed by atoms with Crippen LogP contribution in [-0.2, 0) is 29.2 Å². The molecule has 0 spiro atoms. The average Bonchev–Trinajstić information content (AvgIpc) is 3.33. The Hall–Kier alpha value is -4.41. The molecule has 0 radical (unpaired) electrons. The Bertz CT molecular complexity index is 1720. The molecule has 0 aliphatic heterocycles. The first kappa shape index (κ1) is 69.2. The second-order valence-electron chi connectivity index (χ2n) is 16.5. The van der Waals surface area contributed by atoms with Crippen molar-refractivity contribution in [1.82, 2.24) is 9.80 Å². The highest BCUT2D eigenvalue weighted by Gasteiger charge is 2.24. The molecule has 4 aromatic rings. The molecular weight excluding hydrogens is 825 g/mol. The average molecular weight is 927 g/mol. The highest BCUT2D eigenvalue weighted by Crippen LogP contribution is 2.36. The third-order valence-electron chi connectivity index (χ3n) is 9.95. The SMILES string of the molecule is C#C.CC.CC.CC.CC.CC(C)C(=O)Oc1ccc(COCc2ccc(O)c(Cc3ccccc3)c2)cc1[C@H](CCN(C(C)C)C(C)C)c1ccccc1.CCC.CCN(C(C)C)C(C)C. The minimum Gasteiger partial charge on any atom is -0.508 e. The van der Waals surface area contributed by atoms with E-state index in [-0.39, 0.29) is 17.8 Å². The summed E-state index contributed by atoms with van der Waals surface area (Å²) in [6.07, 6.45) is 10.8. The summed E-state index contributed by atoms with van der Waals surface area (Å²) in [5.41, 5.74) is 6.24. The molecule has 0 saturated heterocycles. The minimum atomic E-state index is -0.239. The predicted molar refractivity (Wildman–Crippen MR) is 297 cm³/mol. The van der Waals surface area contributed by atoms with Crippen LogP contribution < -0.4 is 4.74 Å². The molecule has 0 aliphatic rings. The second-order valence-corrected chi connectivity index (χ2v) is 16.5. The fraction of sp³-hybridized carbons (Fsp3) is 0.557. The van der Waals surface area contributed by atoms with Crippen LogP contribution in [0.15, 0.2) is 97.1 Å². The minimum absolute atomic E-state index is 0.0405. The fourth-order valence-electron chi connectivity index (χ4n) is 7.16. The van der Waals surface area contributed by atoms with Gasteiger partial charge in [0.05, 0.1) is 19.1 Å². The smallest absolute Gasteiger partial charge is 0.313 e. The molecule has 1 atom stereocenters.